The zero-order valence-corrected chi connectivity index (χ0v) is 18.4. The van der Waals surface area contributed by atoms with Gasteiger partial charge >= 0.3 is 0 Å². The van der Waals surface area contributed by atoms with E-state index in [2.05, 4.69) is 23.5 Å². The van der Waals surface area contributed by atoms with E-state index in [4.69, 9.17) is 0 Å². The summed E-state index contributed by atoms with van der Waals surface area (Å²) >= 11 is 0. The molecule has 0 fully saturated rings. The predicted molar refractivity (Wildman–Crippen MR) is 131 cm³/mol. The monoisotopic (exact) mass is 433 g/mol. The molecule has 2 atom stereocenters. The van der Waals surface area contributed by atoms with Crippen LogP contribution in [0.1, 0.15) is 52.1 Å². The topological polar surface area (TPSA) is 49.3 Å². The average Bonchev–Trinajstić information content (AvgIpc) is 2.86. The lowest BCUT2D eigenvalue weighted by atomic mass is 9.75. The molecule has 1 amide bonds. The number of benzene rings is 4. The molecule has 1 aliphatic carbocycles. The van der Waals surface area contributed by atoms with Crippen LogP contribution in [0.5, 0.6) is 5.75 Å². The summed E-state index contributed by atoms with van der Waals surface area (Å²) < 4.78 is 0. The molecule has 0 bridgehead atoms. The highest BCUT2D eigenvalue weighted by atomic mass is 16.3. The minimum absolute atomic E-state index is 0.0607. The number of phenols is 1. The number of aryl methyl sites for hydroxylation is 1. The maximum absolute atomic E-state index is 13.9. The van der Waals surface area contributed by atoms with Gasteiger partial charge in [0, 0.05) is 11.5 Å². The second-order valence-electron chi connectivity index (χ2n) is 8.65. The third-order valence-corrected chi connectivity index (χ3v) is 6.66. The molecule has 3 nitrogen and oxygen atoms in total. The molecule has 4 aromatic carbocycles. The predicted octanol–water partition coefficient (Wildman–Crippen LogP) is 6.11. The van der Waals surface area contributed by atoms with Gasteiger partial charge in [0.05, 0.1) is 12.0 Å². The van der Waals surface area contributed by atoms with Crippen LogP contribution < -0.4 is 5.32 Å². The van der Waals surface area contributed by atoms with Crippen molar-refractivity contribution in [3.05, 3.63) is 137 Å². The number of rotatable bonds is 5. The van der Waals surface area contributed by atoms with Gasteiger partial charge in [0.1, 0.15) is 5.75 Å². The van der Waals surface area contributed by atoms with Gasteiger partial charge in [0.25, 0.3) is 0 Å². The third kappa shape index (κ3) is 4.27. The fourth-order valence-corrected chi connectivity index (χ4v) is 5.11. The molecule has 0 unspecified atom stereocenters. The van der Waals surface area contributed by atoms with Crippen LogP contribution in [0.15, 0.2) is 109 Å². The lowest BCUT2D eigenvalue weighted by molar-refractivity contribution is -0.122. The molecule has 0 aromatic heterocycles. The fraction of sp³-hybridized carbons (Fsp3) is 0.167. The van der Waals surface area contributed by atoms with Gasteiger partial charge in [-0.3, -0.25) is 4.79 Å². The Morgan fingerprint density at radius 3 is 1.94 bits per heavy atom. The molecule has 0 saturated heterocycles. The fourth-order valence-electron chi connectivity index (χ4n) is 5.11. The Morgan fingerprint density at radius 1 is 0.758 bits per heavy atom. The van der Waals surface area contributed by atoms with Crippen LogP contribution >= 0.6 is 0 Å². The smallest absolute Gasteiger partial charge is 0.232 e. The Labute approximate surface area is 194 Å². The molecule has 0 spiro atoms. The maximum Gasteiger partial charge on any atom is 0.232 e. The molecule has 0 saturated carbocycles. The van der Waals surface area contributed by atoms with E-state index in [0.717, 1.165) is 35.1 Å². The van der Waals surface area contributed by atoms with Gasteiger partial charge in [-0.2, -0.15) is 0 Å². The Hall–Kier alpha value is -3.85. The van der Waals surface area contributed by atoms with E-state index >= 15 is 0 Å². The van der Waals surface area contributed by atoms with Crippen molar-refractivity contribution in [2.24, 2.45) is 0 Å². The highest BCUT2D eigenvalue weighted by Crippen LogP contribution is 2.44. The van der Waals surface area contributed by atoms with Crippen molar-refractivity contribution in [3.63, 3.8) is 0 Å². The van der Waals surface area contributed by atoms with Gasteiger partial charge in [-0.25, -0.2) is 0 Å². The van der Waals surface area contributed by atoms with E-state index in [1.807, 2.05) is 84.9 Å². The third-order valence-electron chi connectivity index (χ3n) is 6.66. The highest BCUT2D eigenvalue weighted by Gasteiger charge is 2.35. The van der Waals surface area contributed by atoms with Crippen molar-refractivity contribution in [1.29, 1.82) is 0 Å². The van der Waals surface area contributed by atoms with Crippen molar-refractivity contribution in [1.82, 2.24) is 5.32 Å². The lowest BCUT2D eigenvalue weighted by Gasteiger charge is -2.36. The molecule has 3 heteroatoms. The maximum atomic E-state index is 13.9. The number of carbonyl (C=O) groups excluding carboxylic acids is 1. The van der Waals surface area contributed by atoms with E-state index in [9.17, 15) is 9.90 Å². The van der Waals surface area contributed by atoms with Crippen molar-refractivity contribution in [3.8, 4) is 5.75 Å². The summed E-state index contributed by atoms with van der Waals surface area (Å²) in [6, 6.07) is 35.4. The van der Waals surface area contributed by atoms with Gasteiger partial charge < -0.3 is 10.4 Å². The van der Waals surface area contributed by atoms with E-state index in [-0.39, 0.29) is 23.6 Å². The first kappa shape index (κ1) is 21.0. The van der Waals surface area contributed by atoms with Crippen molar-refractivity contribution in [2.75, 3.05) is 0 Å². The molecule has 2 N–H and O–H groups in total. The number of fused-ring (bicyclic) bond motifs is 1. The van der Waals surface area contributed by atoms with Crippen LogP contribution in [-0.2, 0) is 11.2 Å². The molecule has 1 aliphatic rings. The number of hydrogen-bond donors (Lipinski definition) is 2. The Balaban J connectivity index is 1.56. The number of phenolic OH excluding ortho intramolecular Hbond substituents is 1. The average molecular weight is 434 g/mol. The Bertz CT molecular complexity index is 1180. The quantitative estimate of drug-likeness (QED) is 0.399. The number of nitrogens with one attached hydrogen (secondary N) is 1. The molecule has 0 aliphatic heterocycles. The first-order valence-electron chi connectivity index (χ1n) is 11.5. The highest BCUT2D eigenvalue weighted by molar-refractivity contribution is 5.87. The molecular weight excluding hydrogens is 406 g/mol. The van der Waals surface area contributed by atoms with Crippen LogP contribution in [0.3, 0.4) is 0 Å². The van der Waals surface area contributed by atoms with Crippen LogP contribution in [0.25, 0.3) is 0 Å². The summed E-state index contributed by atoms with van der Waals surface area (Å²) in [5.41, 5.74) is 5.01. The minimum atomic E-state index is -0.431. The van der Waals surface area contributed by atoms with Crippen LogP contribution in [0.2, 0.25) is 0 Å². The summed E-state index contributed by atoms with van der Waals surface area (Å²) in [5.74, 6) is -0.160. The lowest BCUT2D eigenvalue weighted by Crippen LogP contribution is -2.38. The van der Waals surface area contributed by atoms with Gasteiger partial charge in [0.2, 0.25) is 5.91 Å². The van der Waals surface area contributed by atoms with Crippen LogP contribution in [0.4, 0.5) is 0 Å². The Morgan fingerprint density at radius 2 is 1.33 bits per heavy atom. The van der Waals surface area contributed by atoms with E-state index in [1.54, 1.807) is 6.07 Å². The normalized spacial score (nSPS) is 17.4. The standard InChI is InChI=1S/C30H27NO2/c32-26-18-10-17-24-19-20-25(21-11-4-1-5-12-21)29(28(24)26)31-30(33)27(22-13-6-2-7-14-22)23-15-8-3-9-16-23/h1-18,25,27,29,32H,19-20H2,(H,31,33)/t25-,29-/m1/s1. The second kappa shape index (κ2) is 9.33. The SMILES string of the molecule is O=C(N[C@H]1c2c(O)cccc2CC[C@@H]1c1ccccc1)C(c1ccccc1)c1ccccc1. The van der Waals surface area contributed by atoms with Crippen LogP contribution in [0, 0.1) is 0 Å². The minimum Gasteiger partial charge on any atom is -0.508 e. The summed E-state index contributed by atoms with van der Waals surface area (Å²) in [6.45, 7) is 0. The number of aromatic hydroxyl groups is 1. The van der Waals surface area contributed by atoms with E-state index in [0.29, 0.717) is 0 Å². The van der Waals surface area contributed by atoms with Gasteiger partial charge in [0.15, 0.2) is 0 Å². The zero-order chi connectivity index (χ0) is 22.6. The number of carbonyl (C=O) groups is 1. The largest absolute Gasteiger partial charge is 0.508 e. The molecule has 164 valence electrons. The molecular formula is C30H27NO2. The first-order valence-corrected chi connectivity index (χ1v) is 11.5. The molecule has 5 rings (SSSR count). The van der Waals surface area contributed by atoms with Gasteiger partial charge in [-0.15, -0.1) is 0 Å². The molecule has 0 radical (unpaired) electrons. The van der Waals surface area contributed by atoms with E-state index < -0.39 is 5.92 Å². The summed E-state index contributed by atoms with van der Waals surface area (Å²) in [6.07, 6.45) is 1.78. The van der Waals surface area contributed by atoms with Crippen molar-refractivity contribution < 1.29 is 9.90 Å². The summed E-state index contributed by atoms with van der Waals surface area (Å²) in [5, 5.41) is 14.2. The van der Waals surface area contributed by atoms with Crippen LogP contribution in [-0.4, -0.2) is 11.0 Å². The first-order chi connectivity index (χ1) is 16.2. The zero-order valence-electron chi connectivity index (χ0n) is 18.4. The summed E-state index contributed by atoms with van der Waals surface area (Å²) in [7, 11) is 0. The van der Waals surface area contributed by atoms with Gasteiger partial charge in [-0.05, 0) is 41.2 Å². The number of amides is 1. The number of hydrogen-bond acceptors (Lipinski definition) is 2. The van der Waals surface area contributed by atoms with Crippen molar-refractivity contribution in [2.45, 2.75) is 30.7 Å². The van der Waals surface area contributed by atoms with Crippen molar-refractivity contribution >= 4 is 5.91 Å². The second-order valence-corrected chi connectivity index (χ2v) is 8.65. The van der Waals surface area contributed by atoms with E-state index in [1.165, 1.54) is 5.56 Å². The molecule has 0 heterocycles. The summed E-state index contributed by atoms with van der Waals surface area (Å²) in [4.78, 5) is 13.9. The molecule has 33 heavy (non-hydrogen) atoms. The molecule has 4 aromatic rings. The Kier molecular flexibility index (Phi) is 5.95. The van der Waals surface area contributed by atoms with Gasteiger partial charge in [-0.1, -0.05) is 103 Å².